The minimum atomic E-state index is -0.100. The van der Waals surface area contributed by atoms with E-state index in [1.54, 1.807) is 21.1 Å². The van der Waals surface area contributed by atoms with Crippen LogP contribution in [0.1, 0.15) is 32.3 Å². The predicted octanol–water partition coefficient (Wildman–Crippen LogP) is 3.41. The van der Waals surface area contributed by atoms with E-state index in [0.717, 1.165) is 30.9 Å². The van der Waals surface area contributed by atoms with Crippen molar-refractivity contribution in [2.75, 3.05) is 27.8 Å². The number of ketones is 1. The first-order valence-corrected chi connectivity index (χ1v) is 8.59. The standard InChI is InChI=1S/C20H27NO3/c1-13-10-19-20(8-9-21(19)3,12-16(13)14(2)22)15-6-7-17(23-4)18(11-15)24-5/h6-7,10-11,13,16H,8-9,12H2,1-5H3/t13-,16+,20-/m1/s1. The third-order valence-corrected chi connectivity index (χ3v) is 5.86. The van der Waals surface area contributed by atoms with E-state index in [9.17, 15) is 4.79 Å². The summed E-state index contributed by atoms with van der Waals surface area (Å²) < 4.78 is 10.9. The monoisotopic (exact) mass is 329 g/mol. The summed E-state index contributed by atoms with van der Waals surface area (Å²) in [5.41, 5.74) is 2.46. The van der Waals surface area contributed by atoms with Gasteiger partial charge in [0, 0.05) is 30.6 Å². The van der Waals surface area contributed by atoms with Gasteiger partial charge in [-0.25, -0.2) is 0 Å². The Morgan fingerprint density at radius 1 is 1.25 bits per heavy atom. The quantitative estimate of drug-likeness (QED) is 0.848. The van der Waals surface area contributed by atoms with Crippen LogP contribution in [0.25, 0.3) is 0 Å². The Kier molecular flexibility index (Phi) is 4.33. The van der Waals surface area contributed by atoms with Gasteiger partial charge in [-0.3, -0.25) is 4.79 Å². The van der Waals surface area contributed by atoms with Gasteiger partial charge in [0.15, 0.2) is 11.5 Å². The Morgan fingerprint density at radius 2 is 1.96 bits per heavy atom. The van der Waals surface area contributed by atoms with E-state index in [2.05, 4.69) is 37.1 Å². The van der Waals surface area contributed by atoms with Crippen molar-refractivity contribution in [3.8, 4) is 11.5 Å². The van der Waals surface area contributed by atoms with Crippen LogP contribution in [-0.2, 0) is 10.2 Å². The van der Waals surface area contributed by atoms with Crippen molar-refractivity contribution >= 4 is 5.78 Å². The summed E-state index contributed by atoms with van der Waals surface area (Å²) in [5, 5.41) is 0. The number of methoxy groups -OCH3 is 2. The lowest BCUT2D eigenvalue weighted by atomic mass is 9.64. The van der Waals surface area contributed by atoms with Crippen LogP contribution in [-0.4, -0.2) is 38.5 Å². The van der Waals surface area contributed by atoms with Crippen LogP contribution in [0.5, 0.6) is 11.5 Å². The molecule has 0 aromatic heterocycles. The second kappa shape index (κ2) is 6.15. The fourth-order valence-corrected chi connectivity index (χ4v) is 4.45. The SMILES string of the molecule is COc1ccc([C@]23CCN(C)C2=C[C@@H](C)[C@@H](C(C)=O)C3)cc1OC. The Labute approximate surface area is 144 Å². The zero-order chi connectivity index (χ0) is 17.5. The molecule has 0 saturated carbocycles. The number of carbonyl (C=O) groups excluding carboxylic acids is 1. The summed E-state index contributed by atoms with van der Waals surface area (Å²) in [6.07, 6.45) is 4.20. The van der Waals surface area contributed by atoms with Crippen molar-refractivity contribution in [2.45, 2.75) is 32.1 Å². The first kappa shape index (κ1) is 16.9. The second-order valence-electron chi connectivity index (χ2n) is 7.16. The Morgan fingerprint density at radius 3 is 2.58 bits per heavy atom. The summed E-state index contributed by atoms with van der Waals surface area (Å²) in [6.45, 7) is 4.89. The van der Waals surface area contributed by atoms with Crippen LogP contribution >= 0.6 is 0 Å². The van der Waals surface area contributed by atoms with Gasteiger partial charge in [-0.2, -0.15) is 0 Å². The fraction of sp³-hybridized carbons (Fsp3) is 0.550. The lowest BCUT2D eigenvalue weighted by molar-refractivity contribution is -0.122. The lowest BCUT2D eigenvalue weighted by Gasteiger charge is -2.41. The number of hydrogen-bond donors (Lipinski definition) is 0. The van der Waals surface area contributed by atoms with E-state index >= 15 is 0 Å². The molecule has 0 spiro atoms. The van der Waals surface area contributed by atoms with Gasteiger partial charge >= 0.3 is 0 Å². The molecular weight excluding hydrogens is 302 g/mol. The maximum atomic E-state index is 12.2. The van der Waals surface area contributed by atoms with Crippen LogP contribution in [0.2, 0.25) is 0 Å². The van der Waals surface area contributed by atoms with Gasteiger partial charge in [0.2, 0.25) is 0 Å². The highest BCUT2D eigenvalue weighted by Crippen LogP contribution is 2.52. The zero-order valence-corrected chi connectivity index (χ0v) is 15.3. The number of benzene rings is 1. The average molecular weight is 329 g/mol. The number of fused-ring (bicyclic) bond motifs is 1. The minimum Gasteiger partial charge on any atom is -0.493 e. The van der Waals surface area contributed by atoms with Crippen LogP contribution in [0.4, 0.5) is 0 Å². The summed E-state index contributed by atoms with van der Waals surface area (Å²) in [5.74, 6) is 2.13. The number of nitrogens with zero attached hydrogens (tertiary/aromatic N) is 1. The molecule has 1 aromatic carbocycles. The summed E-state index contributed by atoms with van der Waals surface area (Å²) in [6, 6.07) is 6.18. The molecule has 0 N–H and O–H groups in total. The van der Waals surface area contributed by atoms with Crippen molar-refractivity contribution in [1.29, 1.82) is 0 Å². The summed E-state index contributed by atoms with van der Waals surface area (Å²) >= 11 is 0. The summed E-state index contributed by atoms with van der Waals surface area (Å²) in [4.78, 5) is 14.5. The van der Waals surface area contributed by atoms with Crippen LogP contribution in [0.15, 0.2) is 30.0 Å². The Bertz CT molecular complexity index is 681. The van der Waals surface area contributed by atoms with Gasteiger partial charge in [0.25, 0.3) is 0 Å². The molecule has 3 rings (SSSR count). The molecule has 1 saturated heterocycles. The number of hydrogen-bond acceptors (Lipinski definition) is 4. The largest absolute Gasteiger partial charge is 0.493 e. The normalized spacial score (nSPS) is 29.0. The average Bonchev–Trinajstić information content (AvgIpc) is 2.91. The van der Waals surface area contributed by atoms with Crippen molar-refractivity contribution in [2.24, 2.45) is 11.8 Å². The fourth-order valence-electron chi connectivity index (χ4n) is 4.45. The molecule has 0 radical (unpaired) electrons. The van der Waals surface area contributed by atoms with E-state index in [4.69, 9.17) is 9.47 Å². The number of likely N-dealkylation sites (N-methyl/N-ethyl adjacent to an activating group) is 1. The molecule has 2 aliphatic rings. The number of likely N-dealkylation sites (tertiary alicyclic amines) is 1. The number of carbonyl (C=O) groups is 1. The molecular formula is C20H27NO3. The molecule has 1 aromatic rings. The number of Topliss-reactive ketones (excluding diaryl/α,β-unsaturated/α-hetero) is 1. The van der Waals surface area contributed by atoms with E-state index in [1.807, 2.05) is 6.07 Å². The highest BCUT2D eigenvalue weighted by atomic mass is 16.5. The molecule has 0 unspecified atom stereocenters. The molecule has 0 amide bonds. The van der Waals surface area contributed by atoms with Crippen LogP contribution in [0.3, 0.4) is 0 Å². The first-order valence-electron chi connectivity index (χ1n) is 8.59. The van der Waals surface area contributed by atoms with E-state index in [-0.39, 0.29) is 23.0 Å². The van der Waals surface area contributed by atoms with Gasteiger partial charge in [-0.15, -0.1) is 0 Å². The van der Waals surface area contributed by atoms with E-state index in [0.29, 0.717) is 0 Å². The Balaban J connectivity index is 2.12. The van der Waals surface area contributed by atoms with Crippen LogP contribution in [0, 0.1) is 11.8 Å². The maximum absolute atomic E-state index is 12.2. The van der Waals surface area contributed by atoms with Gasteiger partial charge in [-0.1, -0.05) is 19.1 Å². The molecule has 130 valence electrons. The van der Waals surface area contributed by atoms with E-state index < -0.39 is 0 Å². The van der Waals surface area contributed by atoms with Crippen molar-refractivity contribution in [1.82, 2.24) is 4.90 Å². The topological polar surface area (TPSA) is 38.8 Å². The zero-order valence-electron chi connectivity index (χ0n) is 15.3. The molecule has 3 atom stereocenters. The molecule has 24 heavy (non-hydrogen) atoms. The van der Waals surface area contributed by atoms with Crippen LogP contribution < -0.4 is 9.47 Å². The lowest BCUT2D eigenvalue weighted by Crippen LogP contribution is -2.38. The third-order valence-electron chi connectivity index (χ3n) is 5.86. The second-order valence-corrected chi connectivity index (χ2v) is 7.16. The minimum absolute atomic E-state index is 0.0772. The van der Waals surface area contributed by atoms with Crippen molar-refractivity contribution < 1.29 is 14.3 Å². The molecule has 1 heterocycles. The first-order chi connectivity index (χ1) is 11.4. The smallest absolute Gasteiger partial charge is 0.161 e. The van der Waals surface area contributed by atoms with E-state index in [1.165, 1.54) is 11.3 Å². The number of rotatable bonds is 4. The molecule has 0 bridgehead atoms. The molecule has 4 heteroatoms. The highest BCUT2D eigenvalue weighted by molar-refractivity contribution is 5.79. The van der Waals surface area contributed by atoms with Gasteiger partial charge < -0.3 is 14.4 Å². The van der Waals surface area contributed by atoms with Crippen molar-refractivity contribution in [3.05, 3.63) is 35.5 Å². The number of allylic oxidation sites excluding steroid dienone is 2. The Hall–Kier alpha value is -1.97. The van der Waals surface area contributed by atoms with Gasteiger partial charge in [0.05, 0.1) is 14.2 Å². The predicted molar refractivity (Wildman–Crippen MR) is 94.5 cm³/mol. The van der Waals surface area contributed by atoms with Gasteiger partial charge in [-0.05, 0) is 43.4 Å². The van der Waals surface area contributed by atoms with Crippen molar-refractivity contribution in [3.63, 3.8) is 0 Å². The highest BCUT2D eigenvalue weighted by Gasteiger charge is 2.49. The third kappa shape index (κ3) is 2.48. The molecule has 4 nitrogen and oxygen atoms in total. The molecule has 1 fully saturated rings. The molecule has 1 aliphatic heterocycles. The number of ether oxygens (including phenoxy) is 2. The van der Waals surface area contributed by atoms with Gasteiger partial charge in [0.1, 0.15) is 5.78 Å². The maximum Gasteiger partial charge on any atom is 0.161 e. The summed E-state index contributed by atoms with van der Waals surface area (Å²) in [7, 11) is 5.46. The molecule has 1 aliphatic carbocycles.